The maximum absolute atomic E-state index is 11.9. The highest BCUT2D eigenvalue weighted by Crippen LogP contribution is 2.25. The zero-order valence-corrected chi connectivity index (χ0v) is 17.0. The summed E-state index contributed by atoms with van der Waals surface area (Å²) in [5, 5.41) is 14.7. The van der Waals surface area contributed by atoms with Crippen LogP contribution in [-0.4, -0.2) is 36.2 Å². The molecule has 1 N–H and O–H groups in total. The van der Waals surface area contributed by atoms with Gasteiger partial charge in [-0.1, -0.05) is 24.3 Å². The number of nitrogens with one attached hydrogen (secondary N) is 1. The van der Waals surface area contributed by atoms with E-state index in [4.69, 9.17) is 13.9 Å². The number of benzene rings is 2. The molecule has 0 unspecified atom stereocenters. The Morgan fingerprint density at radius 1 is 1.12 bits per heavy atom. The second-order valence-electron chi connectivity index (χ2n) is 6.31. The molecule has 0 saturated carbocycles. The molecule has 0 radical (unpaired) electrons. The topological polar surface area (TPSA) is 133 Å². The van der Waals surface area contributed by atoms with Crippen molar-refractivity contribution >= 4 is 23.8 Å². The SMILES string of the molecule is CCOC(=O)c1ccc(-c2ccc(/C=N/NC(=O)COc3ccccc3[N+](=O)[O-])o2)cc1. The minimum absolute atomic E-state index is 0.0127. The second kappa shape index (κ2) is 10.5. The van der Waals surface area contributed by atoms with E-state index in [9.17, 15) is 19.7 Å². The van der Waals surface area contributed by atoms with E-state index < -0.39 is 23.4 Å². The van der Waals surface area contributed by atoms with Gasteiger partial charge in [0.25, 0.3) is 5.91 Å². The highest BCUT2D eigenvalue weighted by molar-refractivity contribution is 5.90. The lowest BCUT2D eigenvalue weighted by Crippen LogP contribution is -2.24. The van der Waals surface area contributed by atoms with E-state index >= 15 is 0 Å². The summed E-state index contributed by atoms with van der Waals surface area (Å²) < 4.78 is 15.8. The molecule has 2 aromatic carbocycles. The van der Waals surface area contributed by atoms with Crippen molar-refractivity contribution in [2.24, 2.45) is 5.10 Å². The summed E-state index contributed by atoms with van der Waals surface area (Å²) in [6.45, 7) is 1.59. The molecule has 10 nitrogen and oxygen atoms in total. The first-order valence-corrected chi connectivity index (χ1v) is 9.53. The fraction of sp³-hybridized carbons (Fsp3) is 0.136. The molecule has 0 fully saturated rings. The van der Waals surface area contributed by atoms with Crippen LogP contribution in [0.4, 0.5) is 5.69 Å². The lowest BCUT2D eigenvalue weighted by atomic mass is 10.1. The Kier molecular flexibility index (Phi) is 7.31. The number of nitro groups is 1. The summed E-state index contributed by atoms with van der Waals surface area (Å²) in [5.74, 6) is -0.0720. The van der Waals surface area contributed by atoms with Gasteiger partial charge < -0.3 is 13.9 Å². The smallest absolute Gasteiger partial charge is 0.338 e. The lowest BCUT2D eigenvalue weighted by Gasteiger charge is -2.05. The minimum Gasteiger partial charge on any atom is -0.477 e. The molecule has 3 aromatic rings. The monoisotopic (exact) mass is 437 g/mol. The molecule has 10 heteroatoms. The van der Waals surface area contributed by atoms with Gasteiger partial charge in [0.05, 0.1) is 23.3 Å². The van der Waals surface area contributed by atoms with Gasteiger partial charge in [0.2, 0.25) is 0 Å². The quantitative estimate of drug-likeness (QED) is 0.234. The van der Waals surface area contributed by atoms with Crippen LogP contribution in [0.1, 0.15) is 23.0 Å². The number of hydrazone groups is 1. The molecule has 1 amide bonds. The Balaban J connectivity index is 1.53. The molecule has 32 heavy (non-hydrogen) atoms. The third-order valence-electron chi connectivity index (χ3n) is 4.11. The minimum atomic E-state index is -0.597. The normalized spacial score (nSPS) is 10.7. The fourth-order valence-electron chi connectivity index (χ4n) is 2.64. The molecule has 0 bridgehead atoms. The third-order valence-corrected chi connectivity index (χ3v) is 4.11. The Morgan fingerprint density at radius 2 is 1.88 bits per heavy atom. The summed E-state index contributed by atoms with van der Waals surface area (Å²) in [6.07, 6.45) is 1.30. The van der Waals surface area contributed by atoms with Crippen molar-refractivity contribution in [2.75, 3.05) is 13.2 Å². The maximum Gasteiger partial charge on any atom is 0.338 e. The zero-order chi connectivity index (χ0) is 22.9. The van der Waals surface area contributed by atoms with Gasteiger partial charge in [-0.25, -0.2) is 10.2 Å². The Labute approximate surface area is 182 Å². The molecule has 1 aromatic heterocycles. The summed E-state index contributed by atoms with van der Waals surface area (Å²) in [6, 6.07) is 15.9. The molecular formula is C22H19N3O7. The standard InChI is InChI=1S/C22H19N3O7/c1-2-30-22(27)16-9-7-15(8-10-16)19-12-11-17(32-19)13-23-24-21(26)14-31-20-6-4-3-5-18(20)25(28)29/h3-13H,2,14H2,1H3,(H,24,26)/b23-13+. The number of carbonyl (C=O) groups excluding carboxylic acids is 2. The number of nitro benzene ring substituents is 1. The van der Waals surface area contributed by atoms with Gasteiger partial charge in [-0.3, -0.25) is 14.9 Å². The van der Waals surface area contributed by atoms with Gasteiger partial charge in [-0.2, -0.15) is 5.10 Å². The molecule has 0 atom stereocenters. The number of esters is 1. The van der Waals surface area contributed by atoms with Gasteiger partial charge in [0.15, 0.2) is 12.4 Å². The molecule has 1 heterocycles. The first kappa shape index (κ1) is 22.2. The van der Waals surface area contributed by atoms with Crippen molar-refractivity contribution in [3.63, 3.8) is 0 Å². The van der Waals surface area contributed by atoms with Crippen LogP contribution in [0, 0.1) is 10.1 Å². The van der Waals surface area contributed by atoms with Crippen LogP contribution < -0.4 is 10.2 Å². The maximum atomic E-state index is 11.9. The van der Waals surface area contributed by atoms with Crippen molar-refractivity contribution < 1.29 is 28.4 Å². The number of amides is 1. The molecule has 0 saturated heterocycles. The fourth-order valence-corrected chi connectivity index (χ4v) is 2.64. The predicted octanol–water partition coefficient (Wildman–Crippen LogP) is 3.56. The number of hydrogen-bond donors (Lipinski definition) is 1. The van der Waals surface area contributed by atoms with E-state index in [0.717, 1.165) is 5.56 Å². The van der Waals surface area contributed by atoms with E-state index in [2.05, 4.69) is 10.5 Å². The number of ether oxygens (including phenoxy) is 2. The highest BCUT2D eigenvalue weighted by atomic mass is 16.6. The predicted molar refractivity (Wildman–Crippen MR) is 114 cm³/mol. The Bertz CT molecular complexity index is 1140. The van der Waals surface area contributed by atoms with Crippen LogP contribution in [0.15, 0.2) is 70.2 Å². The van der Waals surface area contributed by atoms with E-state index in [0.29, 0.717) is 23.7 Å². The molecule has 0 aliphatic carbocycles. The number of hydrogen-bond acceptors (Lipinski definition) is 8. The molecule has 3 rings (SSSR count). The molecule has 0 aliphatic heterocycles. The number of nitrogens with zero attached hydrogens (tertiary/aromatic N) is 2. The van der Waals surface area contributed by atoms with E-state index in [1.807, 2.05) is 0 Å². The van der Waals surface area contributed by atoms with E-state index in [1.54, 1.807) is 49.4 Å². The molecule has 0 aliphatic rings. The number of carbonyl (C=O) groups is 2. The third kappa shape index (κ3) is 5.79. The van der Waals surface area contributed by atoms with Crippen molar-refractivity contribution in [2.45, 2.75) is 6.92 Å². The second-order valence-corrected chi connectivity index (χ2v) is 6.31. The van der Waals surface area contributed by atoms with Crippen molar-refractivity contribution in [3.8, 4) is 17.1 Å². The first-order valence-electron chi connectivity index (χ1n) is 9.53. The van der Waals surface area contributed by atoms with Crippen molar-refractivity contribution in [1.82, 2.24) is 5.43 Å². The molecule has 0 spiro atoms. The largest absolute Gasteiger partial charge is 0.477 e. The average Bonchev–Trinajstić information content (AvgIpc) is 3.27. The van der Waals surface area contributed by atoms with Crippen LogP contribution in [0.25, 0.3) is 11.3 Å². The van der Waals surface area contributed by atoms with Crippen LogP contribution in [0.5, 0.6) is 5.75 Å². The Hall–Kier alpha value is -4.47. The summed E-state index contributed by atoms with van der Waals surface area (Å²) in [5.41, 5.74) is 3.21. The highest BCUT2D eigenvalue weighted by Gasteiger charge is 2.14. The van der Waals surface area contributed by atoms with Crippen LogP contribution in [-0.2, 0) is 9.53 Å². The van der Waals surface area contributed by atoms with Crippen molar-refractivity contribution in [1.29, 1.82) is 0 Å². The van der Waals surface area contributed by atoms with Gasteiger partial charge >= 0.3 is 11.7 Å². The van der Waals surface area contributed by atoms with Crippen LogP contribution in [0.3, 0.4) is 0 Å². The van der Waals surface area contributed by atoms with Crippen LogP contribution in [0.2, 0.25) is 0 Å². The molecular weight excluding hydrogens is 418 g/mol. The summed E-state index contributed by atoms with van der Waals surface area (Å²) >= 11 is 0. The average molecular weight is 437 g/mol. The zero-order valence-electron chi connectivity index (χ0n) is 17.0. The summed E-state index contributed by atoms with van der Waals surface area (Å²) in [4.78, 5) is 33.9. The van der Waals surface area contributed by atoms with E-state index in [1.165, 1.54) is 24.4 Å². The lowest BCUT2D eigenvalue weighted by molar-refractivity contribution is -0.385. The Morgan fingerprint density at radius 3 is 2.59 bits per heavy atom. The number of para-hydroxylation sites is 2. The van der Waals surface area contributed by atoms with E-state index in [-0.39, 0.29) is 11.4 Å². The van der Waals surface area contributed by atoms with Gasteiger partial charge in [-0.15, -0.1) is 0 Å². The molecule has 164 valence electrons. The van der Waals surface area contributed by atoms with Gasteiger partial charge in [-0.05, 0) is 37.3 Å². The number of rotatable bonds is 9. The van der Waals surface area contributed by atoms with Crippen molar-refractivity contribution in [3.05, 3.63) is 82.1 Å². The van der Waals surface area contributed by atoms with Gasteiger partial charge in [0.1, 0.15) is 11.5 Å². The first-order chi connectivity index (χ1) is 15.5. The summed E-state index contributed by atoms with van der Waals surface area (Å²) in [7, 11) is 0. The van der Waals surface area contributed by atoms with Crippen LogP contribution >= 0.6 is 0 Å². The van der Waals surface area contributed by atoms with Gasteiger partial charge in [0, 0.05) is 11.6 Å². The number of furan rings is 1.